The molecule has 0 fully saturated rings. The number of carboxylic acid groups (broad SMARTS) is 1. The fourth-order valence-corrected chi connectivity index (χ4v) is 0.818. The summed E-state index contributed by atoms with van der Waals surface area (Å²) in [6.45, 7) is 2.18. The number of methoxy groups -OCH3 is 1. The molecule has 0 spiro atoms. The molecule has 0 radical (unpaired) electrons. The Bertz CT molecular complexity index is 181. The first kappa shape index (κ1) is 11.9. The molecule has 5 heteroatoms. The van der Waals surface area contributed by atoms with E-state index in [0.29, 0.717) is 13.0 Å². The highest BCUT2D eigenvalue weighted by atomic mass is 16.5. The molecule has 0 aromatic heterocycles. The molecule has 2 N–H and O–H groups in total. The Balaban J connectivity index is 3.42. The molecule has 0 aliphatic rings. The molecular formula is C8H15NO4. The minimum absolute atomic E-state index is 0.112. The number of carboxylic acids is 1. The van der Waals surface area contributed by atoms with Crippen LogP contribution in [-0.4, -0.2) is 36.7 Å². The maximum absolute atomic E-state index is 10.8. The topological polar surface area (TPSA) is 75.6 Å². The summed E-state index contributed by atoms with van der Waals surface area (Å²) in [6, 6.07) is -0.376. The predicted octanol–water partition coefficient (Wildman–Crippen LogP) is 0.00230. The summed E-state index contributed by atoms with van der Waals surface area (Å²) in [5.41, 5.74) is 0. The molecule has 0 aromatic carbocycles. The Morgan fingerprint density at radius 2 is 2.15 bits per heavy atom. The normalized spacial score (nSPS) is 12.2. The van der Waals surface area contributed by atoms with Crippen LogP contribution < -0.4 is 5.32 Å². The Morgan fingerprint density at radius 1 is 1.54 bits per heavy atom. The van der Waals surface area contributed by atoms with Gasteiger partial charge < -0.3 is 15.2 Å². The fraction of sp³-hybridized carbons (Fsp3) is 0.750. The Labute approximate surface area is 77.1 Å². The average molecular weight is 189 g/mol. The van der Waals surface area contributed by atoms with E-state index in [2.05, 4.69) is 10.1 Å². The first-order valence-electron chi connectivity index (χ1n) is 4.11. The summed E-state index contributed by atoms with van der Waals surface area (Å²) < 4.78 is 4.47. The standard InChI is InChI=1S/C8H15NO4/c1-6(8(12)13-2)9-5-3-4-7(10)11/h6,9H,3-5H2,1-2H3,(H,10,11). The Hall–Kier alpha value is -1.10. The molecule has 0 rings (SSSR count). The molecule has 0 aromatic rings. The van der Waals surface area contributed by atoms with E-state index in [0.717, 1.165) is 0 Å². The number of ether oxygens (including phenoxy) is 1. The van der Waals surface area contributed by atoms with Crippen molar-refractivity contribution >= 4 is 11.9 Å². The SMILES string of the molecule is COC(=O)C(C)NCCCC(=O)O. The van der Waals surface area contributed by atoms with Gasteiger partial charge in [0.1, 0.15) is 6.04 Å². The van der Waals surface area contributed by atoms with E-state index in [-0.39, 0.29) is 18.4 Å². The van der Waals surface area contributed by atoms with Gasteiger partial charge in [-0.05, 0) is 19.9 Å². The average Bonchev–Trinajstić information content (AvgIpc) is 2.10. The molecule has 13 heavy (non-hydrogen) atoms. The van der Waals surface area contributed by atoms with Gasteiger partial charge in [-0.3, -0.25) is 9.59 Å². The molecule has 0 saturated heterocycles. The van der Waals surface area contributed by atoms with Crippen molar-refractivity contribution in [1.29, 1.82) is 0 Å². The Morgan fingerprint density at radius 3 is 2.62 bits per heavy atom. The minimum atomic E-state index is -0.826. The summed E-state index contributed by atoms with van der Waals surface area (Å²) in [4.78, 5) is 21.0. The zero-order valence-electron chi connectivity index (χ0n) is 7.87. The molecule has 5 nitrogen and oxygen atoms in total. The lowest BCUT2D eigenvalue weighted by Gasteiger charge is -2.10. The smallest absolute Gasteiger partial charge is 0.322 e. The molecule has 0 bridgehead atoms. The van der Waals surface area contributed by atoms with Gasteiger partial charge in [0, 0.05) is 6.42 Å². The lowest BCUT2D eigenvalue weighted by Crippen LogP contribution is -2.35. The van der Waals surface area contributed by atoms with Crippen LogP contribution >= 0.6 is 0 Å². The van der Waals surface area contributed by atoms with E-state index in [1.165, 1.54) is 7.11 Å². The number of carbonyl (C=O) groups is 2. The minimum Gasteiger partial charge on any atom is -0.481 e. The molecular weight excluding hydrogens is 174 g/mol. The summed E-state index contributed by atoms with van der Waals surface area (Å²) in [5, 5.41) is 11.2. The van der Waals surface area contributed by atoms with E-state index in [9.17, 15) is 9.59 Å². The number of hydrogen-bond acceptors (Lipinski definition) is 4. The van der Waals surface area contributed by atoms with Gasteiger partial charge in [0.2, 0.25) is 0 Å². The number of hydrogen-bond donors (Lipinski definition) is 2. The monoisotopic (exact) mass is 189 g/mol. The predicted molar refractivity (Wildman–Crippen MR) is 46.4 cm³/mol. The van der Waals surface area contributed by atoms with Gasteiger partial charge in [0.05, 0.1) is 7.11 Å². The van der Waals surface area contributed by atoms with Crippen LogP contribution in [0.3, 0.4) is 0 Å². The van der Waals surface area contributed by atoms with Gasteiger partial charge in [-0.1, -0.05) is 0 Å². The summed E-state index contributed by atoms with van der Waals surface area (Å²) in [6.07, 6.45) is 0.623. The van der Waals surface area contributed by atoms with Crippen LogP contribution in [0.2, 0.25) is 0 Å². The quantitative estimate of drug-likeness (QED) is 0.454. The van der Waals surface area contributed by atoms with Crippen molar-refractivity contribution < 1.29 is 19.4 Å². The second kappa shape index (κ2) is 6.42. The first-order chi connectivity index (χ1) is 6.07. The van der Waals surface area contributed by atoms with Crippen LogP contribution in [0.25, 0.3) is 0 Å². The van der Waals surface area contributed by atoms with Crippen molar-refractivity contribution in [2.45, 2.75) is 25.8 Å². The number of aliphatic carboxylic acids is 1. The lowest BCUT2D eigenvalue weighted by atomic mass is 10.3. The highest BCUT2D eigenvalue weighted by Crippen LogP contribution is 1.89. The van der Waals surface area contributed by atoms with Crippen molar-refractivity contribution in [3.63, 3.8) is 0 Å². The van der Waals surface area contributed by atoms with Crippen LogP contribution in [-0.2, 0) is 14.3 Å². The summed E-state index contributed by atoms with van der Waals surface area (Å²) in [5.74, 6) is -1.16. The van der Waals surface area contributed by atoms with Crippen LogP contribution in [0, 0.1) is 0 Å². The number of esters is 1. The zero-order chi connectivity index (χ0) is 10.3. The molecule has 76 valence electrons. The maximum atomic E-state index is 10.8. The van der Waals surface area contributed by atoms with Crippen LogP contribution in [0.4, 0.5) is 0 Å². The third-order valence-corrected chi connectivity index (χ3v) is 1.57. The first-order valence-corrected chi connectivity index (χ1v) is 4.11. The van der Waals surface area contributed by atoms with Crippen LogP contribution in [0.15, 0.2) is 0 Å². The van der Waals surface area contributed by atoms with E-state index < -0.39 is 5.97 Å². The van der Waals surface area contributed by atoms with Crippen molar-refractivity contribution in [2.24, 2.45) is 0 Å². The van der Waals surface area contributed by atoms with Crippen molar-refractivity contribution in [3.8, 4) is 0 Å². The molecule has 0 amide bonds. The summed E-state index contributed by atoms with van der Waals surface area (Å²) in [7, 11) is 1.32. The third kappa shape index (κ3) is 6.10. The molecule has 0 aliphatic carbocycles. The van der Waals surface area contributed by atoms with E-state index in [4.69, 9.17) is 5.11 Å². The number of nitrogens with one attached hydrogen (secondary N) is 1. The van der Waals surface area contributed by atoms with E-state index >= 15 is 0 Å². The van der Waals surface area contributed by atoms with Gasteiger partial charge in [-0.15, -0.1) is 0 Å². The number of carbonyl (C=O) groups excluding carboxylic acids is 1. The Kier molecular flexibility index (Phi) is 5.88. The zero-order valence-corrected chi connectivity index (χ0v) is 7.87. The second-order valence-electron chi connectivity index (χ2n) is 2.70. The van der Waals surface area contributed by atoms with Gasteiger partial charge in [0.15, 0.2) is 0 Å². The molecule has 1 atom stereocenters. The highest BCUT2D eigenvalue weighted by molar-refractivity contribution is 5.75. The van der Waals surface area contributed by atoms with Gasteiger partial charge in [-0.2, -0.15) is 0 Å². The lowest BCUT2D eigenvalue weighted by molar-refractivity contribution is -0.142. The van der Waals surface area contributed by atoms with Crippen molar-refractivity contribution in [2.75, 3.05) is 13.7 Å². The fourth-order valence-electron chi connectivity index (χ4n) is 0.818. The molecule has 0 heterocycles. The summed E-state index contributed by atoms with van der Waals surface area (Å²) >= 11 is 0. The van der Waals surface area contributed by atoms with E-state index in [1.54, 1.807) is 6.92 Å². The van der Waals surface area contributed by atoms with Crippen LogP contribution in [0.5, 0.6) is 0 Å². The van der Waals surface area contributed by atoms with Crippen LogP contribution in [0.1, 0.15) is 19.8 Å². The highest BCUT2D eigenvalue weighted by Gasteiger charge is 2.11. The van der Waals surface area contributed by atoms with Gasteiger partial charge in [-0.25, -0.2) is 0 Å². The molecule has 0 aliphatic heterocycles. The van der Waals surface area contributed by atoms with E-state index in [1.807, 2.05) is 0 Å². The van der Waals surface area contributed by atoms with Crippen molar-refractivity contribution in [3.05, 3.63) is 0 Å². The third-order valence-electron chi connectivity index (χ3n) is 1.57. The van der Waals surface area contributed by atoms with Gasteiger partial charge >= 0.3 is 11.9 Å². The largest absolute Gasteiger partial charge is 0.481 e. The van der Waals surface area contributed by atoms with Gasteiger partial charge in [0.25, 0.3) is 0 Å². The maximum Gasteiger partial charge on any atom is 0.322 e. The second-order valence-corrected chi connectivity index (χ2v) is 2.70. The number of rotatable bonds is 6. The molecule has 1 unspecified atom stereocenters. The van der Waals surface area contributed by atoms with Crippen molar-refractivity contribution in [1.82, 2.24) is 5.32 Å². The molecule has 0 saturated carbocycles.